The summed E-state index contributed by atoms with van der Waals surface area (Å²) in [5.74, 6) is 0.366. The van der Waals surface area contributed by atoms with Crippen molar-refractivity contribution in [3.05, 3.63) is 23.8 Å². The Hall–Kier alpha value is -1.82. The van der Waals surface area contributed by atoms with Gasteiger partial charge in [0.25, 0.3) is 0 Å². The third-order valence-electron chi connectivity index (χ3n) is 16.5. The summed E-state index contributed by atoms with van der Waals surface area (Å²) in [6.07, 6.45) is 43.0. The zero-order valence-corrected chi connectivity index (χ0v) is 51.6. The Morgan fingerprint density at radius 1 is 0.558 bits per heavy atom. The molecule has 1 fully saturated rings. The highest BCUT2D eigenvalue weighted by Gasteiger charge is 2.24. The summed E-state index contributed by atoms with van der Waals surface area (Å²) < 4.78 is 11.5. The lowest BCUT2D eigenvalue weighted by atomic mass is 9.84. The average molecular weight is 1090 g/mol. The van der Waals surface area contributed by atoms with Crippen LogP contribution in [0.25, 0.3) is 0 Å². The number of rotatable bonds is 54. The van der Waals surface area contributed by atoms with Crippen LogP contribution >= 0.6 is 0 Å². The van der Waals surface area contributed by atoms with Crippen LogP contribution in [-0.4, -0.2) is 119 Å². The van der Waals surface area contributed by atoms with E-state index in [4.69, 9.17) is 9.47 Å². The van der Waals surface area contributed by atoms with Gasteiger partial charge in [-0.15, -0.1) is 0 Å². The van der Waals surface area contributed by atoms with Crippen molar-refractivity contribution in [3.8, 4) is 0 Å². The monoisotopic (exact) mass is 1090 g/mol. The van der Waals surface area contributed by atoms with Crippen LogP contribution in [0, 0.1) is 11.8 Å². The van der Waals surface area contributed by atoms with Crippen LogP contribution in [-0.2, 0) is 19.1 Å². The molecule has 1 rings (SSSR count). The molecule has 0 radical (unpaired) electrons. The Kier molecular flexibility index (Phi) is 48.6. The van der Waals surface area contributed by atoms with E-state index in [1.54, 1.807) is 0 Å². The molecule has 77 heavy (non-hydrogen) atoms. The van der Waals surface area contributed by atoms with E-state index in [9.17, 15) is 30.0 Å². The first-order valence-electron chi connectivity index (χ1n) is 33.2. The maximum Gasteiger partial charge on any atom is 0.305 e. The first-order valence-corrected chi connectivity index (χ1v) is 33.2. The normalized spacial score (nSPS) is 17.8. The number of carbonyl (C=O) groups excluding carboxylic acids is 2. The van der Waals surface area contributed by atoms with E-state index in [1.807, 2.05) is 0 Å². The molecule has 0 aliphatic carbocycles. The Morgan fingerprint density at radius 2 is 0.987 bits per heavy atom. The third-order valence-corrected chi connectivity index (χ3v) is 16.5. The molecule has 0 aromatic carbocycles. The summed E-state index contributed by atoms with van der Waals surface area (Å²) >= 11 is 0. The molecule has 1 heterocycles. The molecule has 0 aromatic rings. The van der Waals surface area contributed by atoms with Crippen LogP contribution in [0.5, 0.6) is 0 Å². The summed E-state index contributed by atoms with van der Waals surface area (Å²) in [4.78, 5) is 30.3. The largest absolute Gasteiger partial charge is 0.465 e. The summed E-state index contributed by atoms with van der Waals surface area (Å²) in [6.45, 7) is 22.3. The topological polar surface area (TPSA) is 140 Å². The Morgan fingerprint density at radius 3 is 1.51 bits per heavy atom. The van der Waals surface area contributed by atoms with Gasteiger partial charge >= 0.3 is 11.9 Å². The van der Waals surface area contributed by atoms with E-state index < -0.39 is 12.2 Å². The van der Waals surface area contributed by atoms with E-state index in [-0.39, 0.29) is 30.1 Å². The van der Waals surface area contributed by atoms with E-state index in [2.05, 4.69) is 64.0 Å². The lowest BCUT2D eigenvalue weighted by molar-refractivity contribution is -0.145. The van der Waals surface area contributed by atoms with Crippen molar-refractivity contribution in [2.75, 3.05) is 45.9 Å². The number of hydrogen-bond donors (Lipinski definition) is 4. The van der Waals surface area contributed by atoms with Crippen molar-refractivity contribution in [3.63, 3.8) is 0 Å². The highest BCUT2D eigenvalue weighted by atomic mass is 16.5. The lowest BCUT2D eigenvalue weighted by Gasteiger charge is -2.28. The Bertz CT molecular complexity index is 1390. The van der Waals surface area contributed by atoms with Crippen LogP contribution in [0.4, 0.5) is 0 Å². The Labute approximate surface area is 476 Å². The summed E-state index contributed by atoms with van der Waals surface area (Å²) in [5.41, 5.74) is 2.48. The lowest BCUT2D eigenvalue weighted by Crippen LogP contribution is -2.38. The minimum Gasteiger partial charge on any atom is -0.465 e. The predicted octanol–water partition coefficient (Wildman–Crippen LogP) is 16.3. The fourth-order valence-corrected chi connectivity index (χ4v) is 11.6. The molecule has 10 heteroatoms. The van der Waals surface area contributed by atoms with E-state index >= 15 is 0 Å². The van der Waals surface area contributed by atoms with Gasteiger partial charge < -0.3 is 29.9 Å². The van der Waals surface area contributed by atoms with Crippen LogP contribution < -0.4 is 0 Å². The third kappa shape index (κ3) is 43.6. The van der Waals surface area contributed by atoms with Gasteiger partial charge in [-0.25, -0.2) is 0 Å². The predicted molar refractivity (Wildman–Crippen MR) is 325 cm³/mol. The number of carbonyl (C=O) groups is 2. The van der Waals surface area contributed by atoms with Gasteiger partial charge in [0.15, 0.2) is 0 Å². The summed E-state index contributed by atoms with van der Waals surface area (Å²) in [5, 5.41) is 43.8. The first kappa shape index (κ1) is 73.2. The number of ether oxygens (including phenoxy) is 2. The minimum absolute atomic E-state index is 0.131. The summed E-state index contributed by atoms with van der Waals surface area (Å²) in [7, 11) is 0. The Balaban J connectivity index is 2.49. The van der Waals surface area contributed by atoms with Crippen molar-refractivity contribution < 1.29 is 39.5 Å². The molecule has 1 aliphatic heterocycles. The molecule has 7 unspecified atom stereocenters. The van der Waals surface area contributed by atoms with Gasteiger partial charge in [0.2, 0.25) is 0 Å². The number of nitrogens with zero attached hydrogens (tertiary/aromatic N) is 2. The van der Waals surface area contributed by atoms with Gasteiger partial charge in [0, 0.05) is 45.1 Å². The van der Waals surface area contributed by atoms with E-state index in [1.165, 1.54) is 121 Å². The number of unbranched alkanes of at least 4 members (excludes halogenated alkanes) is 23. The fourth-order valence-electron chi connectivity index (χ4n) is 11.6. The molecule has 7 atom stereocenters. The average Bonchev–Trinajstić information content (AvgIpc) is 3.53. The first-order chi connectivity index (χ1) is 37.3. The molecule has 10 nitrogen and oxygen atoms in total. The quantitative estimate of drug-likeness (QED) is 0.0264. The van der Waals surface area contributed by atoms with Gasteiger partial charge in [-0.3, -0.25) is 19.4 Å². The second kappa shape index (κ2) is 51.1. The second-order valence-corrected chi connectivity index (χ2v) is 24.4. The standard InChI is InChI=1S/C67H128N2O8/c1-8-12-16-20-24-30-40-62(70)51-58(6)61(53-63(71)41-31-25-21-17-13-9-2)39-29-28-34-44-67(75)77-49-47-69-54-57(5)50-60(52-59(69)7)38-37-48-76-66(74)45-35-36-46-68(55-64(72)42-32-26-22-18-14-10-3)56-65(73)43-33-27-23-19-15-11-4/h38,57,59,61-65,70-73H,6,8-37,39-56H2,1-5,7H3/b60-38-. The van der Waals surface area contributed by atoms with Crippen molar-refractivity contribution >= 4 is 11.9 Å². The molecule has 1 saturated heterocycles. The van der Waals surface area contributed by atoms with Crippen molar-refractivity contribution in [1.82, 2.24) is 9.80 Å². The van der Waals surface area contributed by atoms with Gasteiger partial charge in [0.1, 0.15) is 6.61 Å². The number of aliphatic hydroxyl groups is 4. The van der Waals surface area contributed by atoms with Crippen LogP contribution in [0.1, 0.15) is 305 Å². The maximum atomic E-state index is 12.9. The van der Waals surface area contributed by atoms with Crippen molar-refractivity contribution in [1.29, 1.82) is 0 Å². The molecule has 0 spiro atoms. The fraction of sp³-hybridized carbons (Fsp3) is 0.910. The van der Waals surface area contributed by atoms with Crippen molar-refractivity contribution in [2.24, 2.45) is 11.8 Å². The molecule has 0 saturated carbocycles. The summed E-state index contributed by atoms with van der Waals surface area (Å²) in [6, 6.07) is 0.323. The highest BCUT2D eigenvalue weighted by Crippen LogP contribution is 2.30. The van der Waals surface area contributed by atoms with Gasteiger partial charge in [-0.2, -0.15) is 0 Å². The molecule has 0 bridgehead atoms. The van der Waals surface area contributed by atoms with Crippen LogP contribution in [0.3, 0.4) is 0 Å². The molecule has 0 amide bonds. The molecule has 454 valence electrons. The minimum atomic E-state index is -0.392. The van der Waals surface area contributed by atoms with E-state index in [0.29, 0.717) is 70.4 Å². The molecular weight excluding hydrogens is 961 g/mol. The maximum absolute atomic E-state index is 12.9. The number of aliphatic hydroxyl groups excluding tert-OH is 4. The number of likely N-dealkylation sites (tertiary alicyclic amines) is 1. The molecular formula is C67H128N2O8. The number of hydrogen-bond acceptors (Lipinski definition) is 10. The molecule has 4 N–H and O–H groups in total. The second-order valence-electron chi connectivity index (χ2n) is 24.4. The van der Waals surface area contributed by atoms with Crippen LogP contribution in [0.2, 0.25) is 0 Å². The SMILES string of the molecule is C=C(CC(O)CCCCCCCC)C(CCCCCC(=O)OCCN1CC(C)C/C(=C/CCOC(=O)CCCCN(CC(O)CCCCCCCC)CC(O)CCCCCCCC)CC1C)CC(O)CCCCCCCC. The van der Waals surface area contributed by atoms with Crippen LogP contribution in [0.15, 0.2) is 23.8 Å². The zero-order chi connectivity index (χ0) is 56.6. The smallest absolute Gasteiger partial charge is 0.305 e. The van der Waals surface area contributed by atoms with E-state index in [0.717, 1.165) is 141 Å². The van der Waals surface area contributed by atoms with Crippen molar-refractivity contribution in [2.45, 2.75) is 335 Å². The number of esters is 2. The van der Waals surface area contributed by atoms with Gasteiger partial charge in [-0.05, 0) is 109 Å². The van der Waals surface area contributed by atoms with Gasteiger partial charge in [0.05, 0.1) is 31.0 Å². The molecule has 1 aliphatic rings. The van der Waals surface area contributed by atoms with Gasteiger partial charge in [-0.1, -0.05) is 225 Å². The zero-order valence-electron chi connectivity index (χ0n) is 51.6. The highest BCUT2D eigenvalue weighted by molar-refractivity contribution is 5.69. The molecule has 0 aromatic heterocycles.